The molecule has 33 heavy (non-hydrogen) atoms. The maximum atomic E-state index is 13.4. The maximum Gasteiger partial charge on any atom is 0.243 e. The number of sulfonamides is 1. The molecule has 1 aromatic heterocycles. The zero-order valence-corrected chi connectivity index (χ0v) is 20.2. The highest BCUT2D eigenvalue weighted by molar-refractivity contribution is 7.89. The fourth-order valence-electron chi connectivity index (χ4n) is 4.75. The zero-order chi connectivity index (χ0) is 23.4. The van der Waals surface area contributed by atoms with Gasteiger partial charge in [0.25, 0.3) is 0 Å². The van der Waals surface area contributed by atoms with Crippen LogP contribution in [0, 0.1) is 5.41 Å². The number of hydrogen-bond acceptors (Lipinski definition) is 4. The van der Waals surface area contributed by atoms with Crippen molar-refractivity contribution in [2.75, 3.05) is 13.1 Å². The number of piperidine rings is 1. The molecule has 2 aliphatic rings. The van der Waals surface area contributed by atoms with Gasteiger partial charge in [0.2, 0.25) is 10.0 Å². The highest BCUT2D eigenvalue weighted by atomic mass is 35.5. The second-order valence-electron chi connectivity index (χ2n) is 8.45. The highest BCUT2D eigenvalue weighted by Crippen LogP contribution is 2.46. The third kappa shape index (κ3) is 3.64. The van der Waals surface area contributed by atoms with Gasteiger partial charge in [0.1, 0.15) is 5.78 Å². The first-order valence-electron chi connectivity index (χ1n) is 10.5. The van der Waals surface area contributed by atoms with Gasteiger partial charge in [0.15, 0.2) is 0 Å². The van der Waals surface area contributed by atoms with Crippen LogP contribution in [0.5, 0.6) is 0 Å². The lowest BCUT2D eigenvalue weighted by molar-refractivity contribution is -0.125. The van der Waals surface area contributed by atoms with Gasteiger partial charge < -0.3 is 0 Å². The molecule has 1 aliphatic heterocycles. The average molecular weight is 502 g/mol. The summed E-state index contributed by atoms with van der Waals surface area (Å²) in [6, 6.07) is 14.1. The van der Waals surface area contributed by atoms with Crippen LogP contribution in [0.4, 0.5) is 0 Å². The Morgan fingerprint density at radius 1 is 1.09 bits per heavy atom. The lowest BCUT2D eigenvalue weighted by Gasteiger charge is -2.44. The smallest absolute Gasteiger partial charge is 0.243 e. The second kappa shape index (κ2) is 8.09. The van der Waals surface area contributed by atoms with Crippen molar-refractivity contribution in [2.45, 2.75) is 24.7 Å². The minimum Gasteiger partial charge on any atom is -0.299 e. The molecule has 0 radical (unpaired) electrons. The lowest BCUT2D eigenvalue weighted by atomic mass is 9.66. The van der Waals surface area contributed by atoms with E-state index in [0.29, 0.717) is 12.8 Å². The van der Waals surface area contributed by atoms with E-state index in [0.717, 1.165) is 22.5 Å². The van der Waals surface area contributed by atoms with Gasteiger partial charge in [0.05, 0.1) is 37.9 Å². The van der Waals surface area contributed by atoms with E-state index in [1.165, 1.54) is 29.4 Å². The minimum absolute atomic E-state index is 0.0547. The van der Waals surface area contributed by atoms with Gasteiger partial charge in [-0.25, -0.2) is 13.1 Å². The molecule has 0 spiro atoms. The lowest BCUT2D eigenvalue weighted by Crippen LogP contribution is -2.52. The van der Waals surface area contributed by atoms with Crippen LogP contribution in [0.25, 0.3) is 11.8 Å². The molecule has 5 rings (SSSR count). The Bertz CT molecular complexity index is 1400. The summed E-state index contributed by atoms with van der Waals surface area (Å²) in [5, 5.41) is 5.01. The minimum atomic E-state index is -3.85. The third-order valence-electron chi connectivity index (χ3n) is 6.58. The molecule has 3 aromatic rings. The van der Waals surface area contributed by atoms with Crippen LogP contribution >= 0.6 is 23.2 Å². The third-order valence-corrected chi connectivity index (χ3v) is 9.16. The first-order chi connectivity index (χ1) is 15.7. The number of carbonyl (C=O) groups excluding carboxylic acids is 1. The van der Waals surface area contributed by atoms with Gasteiger partial charge in [-0.3, -0.25) is 4.79 Å². The maximum absolute atomic E-state index is 13.4. The predicted molar refractivity (Wildman–Crippen MR) is 128 cm³/mol. The number of hydrogen-bond donors (Lipinski definition) is 0. The van der Waals surface area contributed by atoms with Crippen molar-refractivity contribution in [1.82, 2.24) is 14.1 Å². The molecule has 1 fully saturated rings. The molecular weight excluding hydrogens is 481 g/mol. The standard InChI is InChI=1S/C24H21Cl2N3O3S/c1-16(30)24-13-17-14-27-29(19-5-3-2-4-6-19)23(17)11-18(24)9-10-28(15-24)33(31,32)20-7-8-21(25)22(26)12-20/h2-8,11-12,14H,9-10,13,15H2,1H3/t24-/m1/s1. The molecular formula is C24H21Cl2N3O3S. The molecule has 6 nitrogen and oxygen atoms in total. The Labute approximate surface area is 202 Å². The Hall–Kier alpha value is -2.45. The van der Waals surface area contributed by atoms with Crippen LogP contribution in [-0.4, -0.2) is 41.4 Å². The van der Waals surface area contributed by atoms with E-state index in [1.54, 1.807) is 6.20 Å². The number of nitrogens with zero attached hydrogens (tertiary/aromatic N) is 3. The number of ketones is 1. The van der Waals surface area contributed by atoms with Crippen LogP contribution in [0.15, 0.2) is 65.2 Å². The van der Waals surface area contributed by atoms with Crippen molar-refractivity contribution in [1.29, 1.82) is 0 Å². The fraction of sp³-hybridized carbons (Fsp3) is 0.250. The average Bonchev–Trinajstić information content (AvgIpc) is 3.21. The van der Waals surface area contributed by atoms with Gasteiger partial charge >= 0.3 is 0 Å². The molecule has 0 N–H and O–H groups in total. The summed E-state index contributed by atoms with van der Waals surface area (Å²) in [6.07, 6.45) is 4.65. The van der Waals surface area contributed by atoms with Crippen molar-refractivity contribution < 1.29 is 13.2 Å². The number of fused-ring (bicyclic) bond motifs is 2. The predicted octanol–water partition coefficient (Wildman–Crippen LogP) is 4.79. The van der Waals surface area contributed by atoms with Crippen LogP contribution in [-0.2, 0) is 21.2 Å². The number of aromatic nitrogens is 2. The largest absolute Gasteiger partial charge is 0.299 e. The number of halogens is 2. The summed E-state index contributed by atoms with van der Waals surface area (Å²) in [5.74, 6) is -0.0547. The van der Waals surface area contributed by atoms with E-state index in [1.807, 2.05) is 41.1 Å². The van der Waals surface area contributed by atoms with Crippen molar-refractivity contribution in [3.05, 3.63) is 81.6 Å². The first kappa shape index (κ1) is 22.3. The van der Waals surface area contributed by atoms with Crippen LogP contribution in [0.1, 0.15) is 24.6 Å². The highest BCUT2D eigenvalue weighted by Gasteiger charge is 2.49. The van der Waals surface area contributed by atoms with Crippen LogP contribution < -0.4 is 0 Å². The number of para-hydroxylation sites is 1. The summed E-state index contributed by atoms with van der Waals surface area (Å²) in [4.78, 5) is 13.1. The number of Topliss-reactive ketones (excluding diaryl/α,β-unsaturated/α-hetero) is 1. The Kier molecular flexibility index (Phi) is 5.48. The molecule has 1 aliphatic carbocycles. The molecule has 0 amide bonds. The summed E-state index contributed by atoms with van der Waals surface area (Å²) >= 11 is 12.0. The quantitative estimate of drug-likeness (QED) is 0.515. The summed E-state index contributed by atoms with van der Waals surface area (Å²) in [7, 11) is -3.85. The monoisotopic (exact) mass is 501 g/mol. The molecule has 9 heteroatoms. The fourth-order valence-corrected chi connectivity index (χ4v) is 6.64. The molecule has 0 bridgehead atoms. The van der Waals surface area contributed by atoms with Gasteiger partial charge in [-0.05, 0) is 61.7 Å². The van der Waals surface area contributed by atoms with Crippen LogP contribution in [0.2, 0.25) is 10.0 Å². The SMILES string of the molecule is CC(=O)[C@]12Cc3cnn(-c4ccccc4)c3C=C1CCN(S(=O)(=O)c1ccc(Cl)c(Cl)c1)C2. The summed E-state index contributed by atoms with van der Waals surface area (Å²) in [6.45, 7) is 1.89. The van der Waals surface area contributed by atoms with Gasteiger partial charge in [0, 0.05) is 13.1 Å². The van der Waals surface area contributed by atoms with E-state index in [-0.39, 0.29) is 33.8 Å². The molecule has 0 saturated carbocycles. The van der Waals surface area contributed by atoms with E-state index in [9.17, 15) is 13.2 Å². The van der Waals surface area contributed by atoms with Gasteiger partial charge in [-0.1, -0.05) is 47.0 Å². The van der Waals surface area contributed by atoms with E-state index in [2.05, 4.69) is 5.10 Å². The normalized spacial score (nSPS) is 20.6. The topological polar surface area (TPSA) is 72.3 Å². The number of rotatable bonds is 4. The molecule has 2 heterocycles. The van der Waals surface area contributed by atoms with Crippen molar-refractivity contribution in [3.63, 3.8) is 0 Å². The van der Waals surface area contributed by atoms with Gasteiger partial charge in [-0.2, -0.15) is 9.40 Å². The summed E-state index contributed by atoms with van der Waals surface area (Å²) in [5.41, 5.74) is 2.82. The second-order valence-corrected chi connectivity index (χ2v) is 11.2. The Morgan fingerprint density at radius 3 is 2.55 bits per heavy atom. The molecule has 1 atom stereocenters. The number of benzene rings is 2. The van der Waals surface area contributed by atoms with Crippen LogP contribution in [0.3, 0.4) is 0 Å². The van der Waals surface area contributed by atoms with E-state index in [4.69, 9.17) is 23.2 Å². The van der Waals surface area contributed by atoms with Crippen molar-refractivity contribution in [3.8, 4) is 5.69 Å². The Balaban J connectivity index is 1.53. The number of carbonyl (C=O) groups is 1. The van der Waals surface area contributed by atoms with E-state index < -0.39 is 15.4 Å². The summed E-state index contributed by atoms with van der Waals surface area (Å²) < 4.78 is 30.1. The van der Waals surface area contributed by atoms with Crippen molar-refractivity contribution >= 4 is 45.1 Å². The molecule has 170 valence electrons. The van der Waals surface area contributed by atoms with Crippen molar-refractivity contribution in [2.24, 2.45) is 5.41 Å². The first-order valence-corrected chi connectivity index (χ1v) is 12.7. The van der Waals surface area contributed by atoms with E-state index >= 15 is 0 Å². The molecule has 1 saturated heterocycles. The molecule has 0 unspecified atom stereocenters. The zero-order valence-electron chi connectivity index (χ0n) is 17.8. The van der Waals surface area contributed by atoms with Gasteiger partial charge in [-0.15, -0.1) is 0 Å². The molecule has 2 aromatic carbocycles. The Morgan fingerprint density at radius 2 is 1.85 bits per heavy atom.